The van der Waals surface area contributed by atoms with E-state index in [2.05, 4.69) is 31.2 Å². The van der Waals surface area contributed by atoms with Crippen LogP contribution in [0.4, 0.5) is 10.1 Å². The molecule has 18 heavy (non-hydrogen) atoms. The van der Waals surface area contributed by atoms with Gasteiger partial charge in [0.1, 0.15) is 11.5 Å². The molecule has 1 amide bonds. The Balaban J connectivity index is 2.18. The number of carbonyl (C=O) groups is 1. The summed E-state index contributed by atoms with van der Waals surface area (Å²) >= 11 is 3.14. The third kappa shape index (κ3) is 2.89. The first kappa shape index (κ1) is 12.6. The predicted octanol–water partition coefficient (Wildman–Crippen LogP) is 2.94. The number of benzene rings is 1. The molecule has 0 aliphatic carbocycles. The molecule has 0 atom stereocenters. The second-order valence-electron chi connectivity index (χ2n) is 3.62. The summed E-state index contributed by atoms with van der Waals surface area (Å²) in [7, 11) is 0. The van der Waals surface area contributed by atoms with Crippen molar-refractivity contribution in [3.63, 3.8) is 0 Å². The molecule has 0 aliphatic heterocycles. The van der Waals surface area contributed by atoms with Gasteiger partial charge in [-0.2, -0.15) is 0 Å². The molecule has 92 valence electrons. The van der Waals surface area contributed by atoms with E-state index in [0.29, 0.717) is 10.2 Å². The first-order chi connectivity index (χ1) is 8.56. The quantitative estimate of drug-likeness (QED) is 0.928. The average Bonchev–Trinajstić information content (AvgIpc) is 2.33. The van der Waals surface area contributed by atoms with Crippen LogP contribution in [0.15, 0.2) is 35.1 Å². The fraction of sp³-hybridized carbons (Fsp3) is 0.0833. The molecule has 2 rings (SSSR count). The van der Waals surface area contributed by atoms with Crippen molar-refractivity contribution in [3.8, 4) is 0 Å². The van der Waals surface area contributed by atoms with Gasteiger partial charge in [0.15, 0.2) is 0 Å². The third-order valence-electron chi connectivity index (χ3n) is 2.19. The molecule has 2 aromatic rings. The van der Waals surface area contributed by atoms with Crippen LogP contribution >= 0.6 is 15.9 Å². The molecule has 1 N–H and O–H groups in total. The topological polar surface area (TPSA) is 54.9 Å². The van der Waals surface area contributed by atoms with Gasteiger partial charge in [-0.25, -0.2) is 9.37 Å². The average molecular weight is 310 g/mol. The molecule has 6 heteroatoms. The van der Waals surface area contributed by atoms with Crippen molar-refractivity contribution in [3.05, 3.63) is 52.3 Å². The smallest absolute Gasteiger partial charge is 0.275 e. The SMILES string of the molecule is Cc1cnc(C(=O)Nc2ccc(Br)cc2F)cn1. The monoisotopic (exact) mass is 309 g/mol. The van der Waals surface area contributed by atoms with Crippen LogP contribution in [0.25, 0.3) is 0 Å². The minimum Gasteiger partial charge on any atom is -0.318 e. The normalized spacial score (nSPS) is 10.2. The highest BCUT2D eigenvalue weighted by atomic mass is 79.9. The van der Waals surface area contributed by atoms with Gasteiger partial charge in [-0.3, -0.25) is 9.78 Å². The molecular formula is C12H9BrFN3O. The van der Waals surface area contributed by atoms with Crippen LogP contribution in [-0.4, -0.2) is 15.9 Å². The number of nitrogens with one attached hydrogen (secondary N) is 1. The number of carbonyl (C=O) groups excluding carboxylic acids is 1. The summed E-state index contributed by atoms with van der Waals surface area (Å²) in [6.45, 7) is 1.77. The maximum absolute atomic E-state index is 13.5. The summed E-state index contributed by atoms with van der Waals surface area (Å²) < 4.78 is 14.1. The van der Waals surface area contributed by atoms with Crippen LogP contribution in [-0.2, 0) is 0 Å². The Hall–Kier alpha value is -1.82. The lowest BCUT2D eigenvalue weighted by atomic mass is 10.3. The molecule has 1 aromatic carbocycles. The zero-order valence-electron chi connectivity index (χ0n) is 9.45. The Morgan fingerprint density at radius 3 is 2.72 bits per heavy atom. The molecule has 0 bridgehead atoms. The van der Waals surface area contributed by atoms with E-state index in [1.807, 2.05) is 0 Å². The summed E-state index contributed by atoms with van der Waals surface area (Å²) in [4.78, 5) is 19.6. The van der Waals surface area contributed by atoms with Crippen molar-refractivity contribution < 1.29 is 9.18 Å². The Morgan fingerprint density at radius 2 is 2.11 bits per heavy atom. The van der Waals surface area contributed by atoms with Gasteiger partial charge >= 0.3 is 0 Å². The van der Waals surface area contributed by atoms with Gasteiger partial charge in [0.05, 0.1) is 17.6 Å². The number of nitrogens with zero attached hydrogens (tertiary/aromatic N) is 2. The van der Waals surface area contributed by atoms with Crippen molar-refractivity contribution in [1.29, 1.82) is 0 Å². The van der Waals surface area contributed by atoms with E-state index in [9.17, 15) is 9.18 Å². The number of rotatable bonds is 2. The fourth-order valence-corrected chi connectivity index (χ4v) is 1.62. The summed E-state index contributed by atoms with van der Waals surface area (Å²) in [5, 5.41) is 2.44. The van der Waals surface area contributed by atoms with Gasteiger partial charge in [-0.05, 0) is 25.1 Å². The van der Waals surface area contributed by atoms with Gasteiger partial charge in [-0.15, -0.1) is 0 Å². The molecule has 1 heterocycles. The Bertz CT molecular complexity index is 586. The highest BCUT2D eigenvalue weighted by molar-refractivity contribution is 9.10. The van der Waals surface area contributed by atoms with E-state index >= 15 is 0 Å². The molecule has 0 saturated carbocycles. The molecule has 0 saturated heterocycles. The number of amides is 1. The first-order valence-corrected chi connectivity index (χ1v) is 5.90. The second-order valence-corrected chi connectivity index (χ2v) is 4.54. The molecule has 0 unspecified atom stereocenters. The van der Waals surface area contributed by atoms with Crippen molar-refractivity contribution in [2.24, 2.45) is 0 Å². The van der Waals surface area contributed by atoms with Crippen LogP contribution in [0.1, 0.15) is 16.2 Å². The van der Waals surface area contributed by atoms with Crippen LogP contribution in [0.2, 0.25) is 0 Å². The largest absolute Gasteiger partial charge is 0.318 e. The molecule has 0 fully saturated rings. The van der Waals surface area contributed by atoms with Crippen LogP contribution in [0.5, 0.6) is 0 Å². The number of anilines is 1. The van der Waals surface area contributed by atoms with Crippen LogP contribution < -0.4 is 5.32 Å². The number of hydrogen-bond donors (Lipinski definition) is 1. The van der Waals surface area contributed by atoms with Crippen molar-refractivity contribution in [2.45, 2.75) is 6.92 Å². The molecule has 1 aromatic heterocycles. The van der Waals surface area contributed by atoms with Gasteiger partial charge in [0.25, 0.3) is 5.91 Å². The zero-order chi connectivity index (χ0) is 13.1. The molecular weight excluding hydrogens is 301 g/mol. The maximum atomic E-state index is 13.5. The number of aromatic nitrogens is 2. The lowest BCUT2D eigenvalue weighted by molar-refractivity contribution is 0.102. The highest BCUT2D eigenvalue weighted by Gasteiger charge is 2.10. The Labute approximate surface area is 111 Å². The number of hydrogen-bond acceptors (Lipinski definition) is 3. The van der Waals surface area contributed by atoms with Crippen molar-refractivity contribution in [1.82, 2.24) is 9.97 Å². The minimum atomic E-state index is -0.516. The van der Waals surface area contributed by atoms with E-state index in [1.54, 1.807) is 13.0 Å². The molecule has 0 aliphatic rings. The summed E-state index contributed by atoms with van der Waals surface area (Å²) in [5.74, 6) is -1.01. The highest BCUT2D eigenvalue weighted by Crippen LogP contribution is 2.19. The summed E-state index contributed by atoms with van der Waals surface area (Å²) in [6.07, 6.45) is 2.83. The number of halogens is 2. The number of aryl methyl sites for hydroxylation is 1. The van der Waals surface area contributed by atoms with E-state index in [0.717, 1.165) is 0 Å². The van der Waals surface area contributed by atoms with Crippen LogP contribution in [0, 0.1) is 12.7 Å². The first-order valence-electron chi connectivity index (χ1n) is 5.11. The lowest BCUT2D eigenvalue weighted by Crippen LogP contribution is -2.15. The van der Waals surface area contributed by atoms with E-state index < -0.39 is 11.7 Å². The minimum absolute atomic E-state index is 0.102. The summed E-state index contributed by atoms with van der Waals surface area (Å²) in [6, 6.07) is 4.38. The van der Waals surface area contributed by atoms with Crippen molar-refractivity contribution in [2.75, 3.05) is 5.32 Å². The van der Waals surface area contributed by atoms with Crippen molar-refractivity contribution >= 4 is 27.5 Å². The fourth-order valence-electron chi connectivity index (χ4n) is 1.29. The molecule has 4 nitrogen and oxygen atoms in total. The zero-order valence-corrected chi connectivity index (χ0v) is 11.0. The second kappa shape index (κ2) is 5.22. The van der Waals surface area contributed by atoms with E-state index in [4.69, 9.17) is 0 Å². The lowest BCUT2D eigenvalue weighted by Gasteiger charge is -2.06. The van der Waals surface area contributed by atoms with E-state index in [1.165, 1.54) is 24.5 Å². The Kier molecular flexibility index (Phi) is 3.66. The van der Waals surface area contributed by atoms with Crippen LogP contribution in [0.3, 0.4) is 0 Å². The van der Waals surface area contributed by atoms with Gasteiger partial charge in [0.2, 0.25) is 0 Å². The molecule has 0 spiro atoms. The van der Waals surface area contributed by atoms with Gasteiger partial charge in [0, 0.05) is 10.7 Å². The third-order valence-corrected chi connectivity index (χ3v) is 2.69. The van der Waals surface area contributed by atoms with Gasteiger partial charge in [-0.1, -0.05) is 15.9 Å². The van der Waals surface area contributed by atoms with Gasteiger partial charge < -0.3 is 5.32 Å². The predicted molar refractivity (Wildman–Crippen MR) is 68.8 cm³/mol. The molecule has 0 radical (unpaired) electrons. The maximum Gasteiger partial charge on any atom is 0.275 e. The standard InChI is InChI=1S/C12H9BrFN3O/c1-7-5-16-11(6-15-7)12(18)17-10-3-2-8(13)4-9(10)14/h2-6H,1H3,(H,17,18). The Morgan fingerprint density at radius 1 is 1.33 bits per heavy atom. The summed E-state index contributed by atoms with van der Waals surface area (Å²) in [5.41, 5.74) is 0.954. The van der Waals surface area contributed by atoms with E-state index in [-0.39, 0.29) is 11.4 Å².